The third-order valence-corrected chi connectivity index (χ3v) is 2.20. The molecule has 0 radical (unpaired) electrons. The average Bonchev–Trinajstić information content (AvgIpc) is 1.99. The van der Waals surface area contributed by atoms with Crippen LogP contribution in [0.1, 0.15) is 36.7 Å². The molecule has 0 saturated heterocycles. The molecule has 0 heterocycles. The lowest BCUT2D eigenvalue weighted by Gasteiger charge is -2.16. The zero-order chi connectivity index (χ0) is 10.9. The van der Waals surface area contributed by atoms with Gasteiger partial charge in [0.2, 0.25) is 0 Å². The minimum Gasteiger partial charge on any atom is -0.294 e. The van der Waals surface area contributed by atoms with E-state index in [1.807, 2.05) is 39.8 Å². The molecule has 0 aliphatic heterocycles. The lowest BCUT2D eigenvalue weighted by atomic mass is 9.86. The molecule has 0 atom stereocenters. The molecule has 0 bridgehead atoms. The predicted octanol–water partition coefficient (Wildman–Crippen LogP) is 3.88. The second-order valence-electron chi connectivity index (χ2n) is 4.60. The van der Waals surface area contributed by atoms with Gasteiger partial charge in [-0.15, -0.1) is 0 Å². The molecule has 1 aromatic rings. The fourth-order valence-electron chi connectivity index (χ4n) is 1.30. The van der Waals surface area contributed by atoms with Gasteiger partial charge in [-0.3, -0.25) is 4.79 Å². The highest BCUT2D eigenvalue weighted by Gasteiger charge is 2.23. The van der Waals surface area contributed by atoms with E-state index in [1.165, 1.54) is 0 Å². The first-order valence-electron chi connectivity index (χ1n) is 4.63. The quantitative estimate of drug-likeness (QED) is 0.643. The maximum absolute atomic E-state index is 11.9. The molecule has 0 saturated carbocycles. The minimum atomic E-state index is -0.350. The second kappa shape index (κ2) is 3.74. The predicted molar refractivity (Wildman–Crippen MR) is 60.0 cm³/mol. The lowest BCUT2D eigenvalue weighted by molar-refractivity contribution is 0.0858. The number of hydrogen-bond acceptors (Lipinski definition) is 1. The molecule has 1 aromatic carbocycles. The molecule has 2 heteroatoms. The first-order chi connectivity index (χ1) is 6.30. The minimum absolute atomic E-state index is 0.128. The lowest BCUT2D eigenvalue weighted by Crippen LogP contribution is -2.20. The van der Waals surface area contributed by atoms with Crippen molar-refractivity contribution in [2.75, 3.05) is 0 Å². The molecule has 0 fully saturated rings. The highest BCUT2D eigenvalue weighted by molar-refractivity contribution is 6.31. The number of benzene rings is 1. The zero-order valence-electron chi connectivity index (χ0n) is 9.02. The number of rotatable bonds is 1. The summed E-state index contributed by atoms with van der Waals surface area (Å²) in [5, 5.41) is 0.623. The van der Waals surface area contributed by atoms with Crippen molar-refractivity contribution in [1.82, 2.24) is 0 Å². The van der Waals surface area contributed by atoms with Gasteiger partial charge in [0.1, 0.15) is 0 Å². The first kappa shape index (κ1) is 11.3. The molecular formula is C12H15ClO. The summed E-state index contributed by atoms with van der Waals surface area (Å²) in [6, 6.07) is 5.45. The third-order valence-electron chi connectivity index (χ3n) is 1.99. The fraction of sp³-hybridized carbons (Fsp3) is 0.417. The molecule has 0 amide bonds. The maximum atomic E-state index is 11.9. The number of carbonyl (C=O) groups is 1. The van der Waals surface area contributed by atoms with E-state index in [4.69, 9.17) is 11.6 Å². The van der Waals surface area contributed by atoms with E-state index in [-0.39, 0.29) is 11.2 Å². The molecule has 0 aliphatic rings. The Labute approximate surface area is 90.1 Å². The van der Waals surface area contributed by atoms with E-state index in [0.717, 1.165) is 5.56 Å². The Morgan fingerprint density at radius 2 is 1.79 bits per heavy atom. The van der Waals surface area contributed by atoms with Crippen LogP contribution in [0.3, 0.4) is 0 Å². The van der Waals surface area contributed by atoms with E-state index in [1.54, 1.807) is 6.07 Å². The van der Waals surface area contributed by atoms with Gasteiger partial charge in [-0.25, -0.2) is 0 Å². The Kier molecular flexibility index (Phi) is 3.01. The van der Waals surface area contributed by atoms with Crippen molar-refractivity contribution in [3.63, 3.8) is 0 Å². The van der Waals surface area contributed by atoms with E-state index in [9.17, 15) is 4.79 Å². The Hall–Kier alpha value is -0.820. The van der Waals surface area contributed by atoms with Gasteiger partial charge in [0.05, 0.1) is 0 Å². The highest BCUT2D eigenvalue weighted by atomic mass is 35.5. The van der Waals surface area contributed by atoms with Gasteiger partial charge >= 0.3 is 0 Å². The van der Waals surface area contributed by atoms with E-state index in [0.29, 0.717) is 10.6 Å². The van der Waals surface area contributed by atoms with Crippen LogP contribution in [0.15, 0.2) is 18.2 Å². The fourth-order valence-corrected chi connectivity index (χ4v) is 1.59. The molecular weight excluding hydrogens is 196 g/mol. The third kappa shape index (κ3) is 2.58. The summed E-state index contributed by atoms with van der Waals surface area (Å²) in [6.07, 6.45) is 0. The second-order valence-corrected chi connectivity index (χ2v) is 5.03. The van der Waals surface area contributed by atoms with Crippen LogP contribution in [0.4, 0.5) is 0 Å². The van der Waals surface area contributed by atoms with Gasteiger partial charge in [-0.2, -0.15) is 0 Å². The summed E-state index contributed by atoms with van der Waals surface area (Å²) in [5.41, 5.74) is 1.37. The van der Waals surface area contributed by atoms with Crippen molar-refractivity contribution < 1.29 is 4.79 Å². The first-order valence-corrected chi connectivity index (χ1v) is 5.00. The molecule has 1 nitrogen and oxygen atoms in total. The summed E-state index contributed by atoms with van der Waals surface area (Å²) in [7, 11) is 0. The monoisotopic (exact) mass is 210 g/mol. The topological polar surface area (TPSA) is 17.1 Å². The van der Waals surface area contributed by atoms with E-state index < -0.39 is 0 Å². The van der Waals surface area contributed by atoms with Crippen LogP contribution in [0.25, 0.3) is 0 Å². The Bertz CT molecular complexity index is 341. The molecule has 0 aromatic heterocycles. The molecule has 0 spiro atoms. The smallest absolute Gasteiger partial charge is 0.168 e. The van der Waals surface area contributed by atoms with Gasteiger partial charge in [0, 0.05) is 16.0 Å². The van der Waals surface area contributed by atoms with E-state index in [2.05, 4.69) is 0 Å². The van der Waals surface area contributed by atoms with Gasteiger partial charge in [0.15, 0.2) is 5.78 Å². The van der Waals surface area contributed by atoms with Gasteiger partial charge < -0.3 is 0 Å². The Morgan fingerprint density at radius 3 is 2.21 bits per heavy atom. The van der Waals surface area contributed by atoms with Crippen molar-refractivity contribution in [2.24, 2.45) is 5.41 Å². The number of hydrogen-bond donors (Lipinski definition) is 0. The molecule has 76 valence electrons. The molecule has 0 aliphatic carbocycles. The van der Waals surface area contributed by atoms with Crippen molar-refractivity contribution in [1.29, 1.82) is 0 Å². The summed E-state index contributed by atoms with van der Waals surface area (Å²) < 4.78 is 0. The van der Waals surface area contributed by atoms with Crippen LogP contribution in [-0.2, 0) is 0 Å². The van der Waals surface area contributed by atoms with Crippen LogP contribution in [0, 0.1) is 12.3 Å². The van der Waals surface area contributed by atoms with Gasteiger partial charge in [0.25, 0.3) is 0 Å². The number of aryl methyl sites for hydroxylation is 1. The number of Topliss-reactive ketones (excluding diaryl/α,β-unsaturated/α-hetero) is 1. The van der Waals surface area contributed by atoms with Crippen LogP contribution in [0.2, 0.25) is 5.02 Å². The maximum Gasteiger partial charge on any atom is 0.168 e. The summed E-state index contributed by atoms with van der Waals surface area (Å²) >= 11 is 5.89. The molecule has 0 unspecified atom stereocenters. The molecule has 0 N–H and O–H groups in total. The summed E-state index contributed by atoms with van der Waals surface area (Å²) in [4.78, 5) is 11.9. The highest BCUT2D eigenvalue weighted by Crippen LogP contribution is 2.23. The van der Waals surface area contributed by atoms with Gasteiger partial charge in [-0.1, -0.05) is 32.4 Å². The Morgan fingerprint density at radius 1 is 1.21 bits per heavy atom. The standard InChI is InChI=1S/C12H15ClO/c1-8-5-9(7-10(13)6-8)11(14)12(2,3)4/h5-7H,1-4H3. The van der Waals surface area contributed by atoms with Gasteiger partial charge in [-0.05, 0) is 30.7 Å². The normalized spacial score (nSPS) is 11.5. The summed E-state index contributed by atoms with van der Waals surface area (Å²) in [5.74, 6) is 0.128. The van der Waals surface area contributed by atoms with Crippen LogP contribution in [0.5, 0.6) is 0 Å². The largest absolute Gasteiger partial charge is 0.294 e. The van der Waals surface area contributed by atoms with Crippen molar-refractivity contribution in [3.05, 3.63) is 34.3 Å². The number of carbonyl (C=O) groups excluding carboxylic acids is 1. The van der Waals surface area contributed by atoms with E-state index >= 15 is 0 Å². The van der Waals surface area contributed by atoms with Crippen LogP contribution >= 0.6 is 11.6 Å². The van der Waals surface area contributed by atoms with Crippen LogP contribution < -0.4 is 0 Å². The van der Waals surface area contributed by atoms with Crippen molar-refractivity contribution >= 4 is 17.4 Å². The molecule has 14 heavy (non-hydrogen) atoms. The zero-order valence-corrected chi connectivity index (χ0v) is 9.77. The SMILES string of the molecule is Cc1cc(Cl)cc(C(=O)C(C)(C)C)c1. The average molecular weight is 211 g/mol. The number of halogens is 1. The van der Waals surface area contributed by atoms with Crippen LogP contribution in [-0.4, -0.2) is 5.78 Å². The number of ketones is 1. The Balaban J connectivity index is 3.14. The summed E-state index contributed by atoms with van der Waals surface area (Å²) in [6.45, 7) is 7.66. The molecule has 1 rings (SSSR count). The van der Waals surface area contributed by atoms with Crippen molar-refractivity contribution in [2.45, 2.75) is 27.7 Å². The van der Waals surface area contributed by atoms with Crippen molar-refractivity contribution in [3.8, 4) is 0 Å².